The first kappa shape index (κ1) is 19.7. The minimum Gasteiger partial charge on any atom is -0.467 e. The molecule has 6 nitrogen and oxygen atoms in total. The smallest absolute Gasteiger partial charge is 0.274 e. The second kappa shape index (κ2) is 8.39. The fraction of sp³-hybridized carbons (Fsp3) is 0.286. The standard InChI is InChI=1S/C21H20ClN3O3S/c1-13(26)23-15-7-5-14(6-8-15)20(27)25-11-9-16(10-12-25)28-21-24-19-17(22)3-2-4-18(19)29-21/h2-8,16H,9-12H2,1H3,(H,23,26). The van der Waals surface area contributed by atoms with Crippen LogP contribution in [0.4, 0.5) is 5.69 Å². The number of hydrogen-bond acceptors (Lipinski definition) is 5. The van der Waals surface area contributed by atoms with Crippen LogP contribution in [0.5, 0.6) is 5.19 Å². The summed E-state index contributed by atoms with van der Waals surface area (Å²) in [5, 5.41) is 3.94. The Bertz CT molecular complexity index is 1040. The summed E-state index contributed by atoms with van der Waals surface area (Å²) in [6.07, 6.45) is 1.53. The van der Waals surface area contributed by atoms with Gasteiger partial charge in [-0.3, -0.25) is 9.59 Å². The Labute approximate surface area is 177 Å². The predicted octanol–water partition coefficient (Wildman–Crippen LogP) is 4.59. The Morgan fingerprint density at radius 1 is 1.17 bits per heavy atom. The number of nitrogens with one attached hydrogen (secondary N) is 1. The van der Waals surface area contributed by atoms with Gasteiger partial charge in [0, 0.05) is 44.1 Å². The van der Waals surface area contributed by atoms with Crippen LogP contribution in [0.25, 0.3) is 10.2 Å². The van der Waals surface area contributed by atoms with Crippen molar-refractivity contribution in [1.82, 2.24) is 9.88 Å². The number of halogens is 1. The summed E-state index contributed by atoms with van der Waals surface area (Å²) in [6, 6.07) is 12.7. The summed E-state index contributed by atoms with van der Waals surface area (Å²) in [7, 11) is 0. The summed E-state index contributed by atoms with van der Waals surface area (Å²) in [4.78, 5) is 30.2. The number of ether oxygens (including phenoxy) is 1. The van der Waals surface area contributed by atoms with Crippen LogP contribution in [0.15, 0.2) is 42.5 Å². The quantitative estimate of drug-likeness (QED) is 0.658. The van der Waals surface area contributed by atoms with Crippen LogP contribution >= 0.6 is 22.9 Å². The van der Waals surface area contributed by atoms with E-state index in [0.29, 0.717) is 34.6 Å². The number of aromatic nitrogens is 1. The first-order valence-electron chi connectivity index (χ1n) is 9.38. The predicted molar refractivity (Wildman–Crippen MR) is 115 cm³/mol. The lowest BCUT2D eigenvalue weighted by atomic mass is 10.1. The van der Waals surface area contributed by atoms with E-state index in [1.807, 2.05) is 23.1 Å². The van der Waals surface area contributed by atoms with E-state index in [4.69, 9.17) is 16.3 Å². The SMILES string of the molecule is CC(=O)Nc1ccc(C(=O)N2CCC(Oc3nc4c(Cl)cccc4s3)CC2)cc1. The molecular formula is C21H20ClN3O3S. The van der Waals surface area contributed by atoms with E-state index >= 15 is 0 Å². The number of amides is 2. The maximum atomic E-state index is 12.7. The second-order valence-electron chi connectivity index (χ2n) is 6.93. The van der Waals surface area contributed by atoms with Crippen LogP contribution < -0.4 is 10.1 Å². The van der Waals surface area contributed by atoms with Gasteiger partial charge < -0.3 is 15.0 Å². The molecule has 3 aromatic rings. The van der Waals surface area contributed by atoms with E-state index in [2.05, 4.69) is 10.3 Å². The average Bonchev–Trinajstić information content (AvgIpc) is 3.12. The third-order valence-electron chi connectivity index (χ3n) is 4.80. The molecule has 1 saturated heterocycles. The van der Waals surface area contributed by atoms with Gasteiger partial charge in [-0.1, -0.05) is 29.0 Å². The summed E-state index contributed by atoms with van der Waals surface area (Å²) in [6.45, 7) is 2.71. The van der Waals surface area contributed by atoms with Gasteiger partial charge in [-0.15, -0.1) is 0 Å². The van der Waals surface area contributed by atoms with Crippen molar-refractivity contribution in [3.05, 3.63) is 53.1 Å². The van der Waals surface area contributed by atoms with Crippen LogP contribution in [-0.2, 0) is 4.79 Å². The number of fused-ring (bicyclic) bond motifs is 1. The third kappa shape index (κ3) is 4.52. The van der Waals surface area contributed by atoms with E-state index < -0.39 is 0 Å². The molecule has 2 amide bonds. The van der Waals surface area contributed by atoms with Crippen LogP contribution in [0, 0.1) is 0 Å². The van der Waals surface area contributed by atoms with Crippen LogP contribution in [0.2, 0.25) is 5.02 Å². The van der Waals surface area contributed by atoms with Crippen LogP contribution in [0.3, 0.4) is 0 Å². The summed E-state index contributed by atoms with van der Waals surface area (Å²) in [5.41, 5.74) is 2.06. The van der Waals surface area contributed by atoms with E-state index in [1.54, 1.807) is 24.3 Å². The van der Waals surface area contributed by atoms with Crippen molar-refractivity contribution >= 4 is 50.7 Å². The van der Waals surface area contributed by atoms with Gasteiger partial charge in [-0.05, 0) is 36.4 Å². The highest BCUT2D eigenvalue weighted by molar-refractivity contribution is 7.20. The van der Waals surface area contributed by atoms with Gasteiger partial charge in [-0.2, -0.15) is 0 Å². The fourth-order valence-electron chi connectivity index (χ4n) is 3.35. The van der Waals surface area contributed by atoms with Gasteiger partial charge in [0.2, 0.25) is 5.91 Å². The lowest BCUT2D eigenvalue weighted by Gasteiger charge is -2.31. The maximum Gasteiger partial charge on any atom is 0.274 e. The summed E-state index contributed by atoms with van der Waals surface area (Å²) in [5.74, 6) is -0.147. The molecule has 0 saturated carbocycles. The number of carbonyl (C=O) groups excluding carboxylic acids is 2. The lowest BCUT2D eigenvalue weighted by Crippen LogP contribution is -2.41. The Morgan fingerprint density at radius 3 is 2.55 bits per heavy atom. The Hall–Kier alpha value is -2.64. The van der Waals surface area contributed by atoms with Crippen molar-refractivity contribution in [3.8, 4) is 5.19 Å². The van der Waals surface area contributed by atoms with Crippen molar-refractivity contribution in [3.63, 3.8) is 0 Å². The highest BCUT2D eigenvalue weighted by atomic mass is 35.5. The summed E-state index contributed by atoms with van der Waals surface area (Å²) >= 11 is 7.67. The van der Waals surface area contributed by atoms with E-state index in [1.165, 1.54) is 18.3 Å². The third-order valence-corrected chi connectivity index (χ3v) is 6.02. The highest BCUT2D eigenvalue weighted by Gasteiger charge is 2.25. The Kier molecular flexibility index (Phi) is 5.69. The molecule has 4 rings (SSSR count). The van der Waals surface area contributed by atoms with Gasteiger partial charge in [0.05, 0.1) is 9.72 Å². The van der Waals surface area contributed by atoms with Crippen molar-refractivity contribution in [2.45, 2.75) is 25.9 Å². The molecule has 2 aromatic carbocycles. The van der Waals surface area contributed by atoms with Gasteiger partial charge >= 0.3 is 0 Å². The number of benzene rings is 2. The van der Waals surface area contributed by atoms with E-state index in [-0.39, 0.29) is 17.9 Å². The van der Waals surface area contributed by atoms with E-state index in [9.17, 15) is 9.59 Å². The minimum atomic E-state index is -0.137. The van der Waals surface area contributed by atoms with Crippen molar-refractivity contribution in [1.29, 1.82) is 0 Å². The largest absolute Gasteiger partial charge is 0.467 e. The van der Waals surface area contributed by atoms with Gasteiger partial charge in [0.25, 0.3) is 11.1 Å². The molecule has 1 aromatic heterocycles. The Morgan fingerprint density at radius 2 is 1.90 bits per heavy atom. The molecule has 1 fully saturated rings. The molecule has 2 heterocycles. The topological polar surface area (TPSA) is 71.5 Å². The number of nitrogens with zero attached hydrogens (tertiary/aromatic N) is 2. The molecule has 0 spiro atoms. The number of para-hydroxylation sites is 1. The number of likely N-dealkylation sites (tertiary alicyclic amines) is 1. The molecule has 0 bridgehead atoms. The zero-order valence-corrected chi connectivity index (χ0v) is 17.4. The maximum absolute atomic E-state index is 12.7. The molecule has 1 aliphatic rings. The molecule has 1 aliphatic heterocycles. The molecule has 8 heteroatoms. The molecular weight excluding hydrogens is 410 g/mol. The number of anilines is 1. The van der Waals surface area contributed by atoms with Crippen LogP contribution in [-0.4, -0.2) is 40.9 Å². The normalized spacial score (nSPS) is 14.8. The fourth-order valence-corrected chi connectivity index (χ4v) is 4.53. The second-order valence-corrected chi connectivity index (χ2v) is 8.33. The Balaban J connectivity index is 1.34. The number of hydrogen-bond donors (Lipinski definition) is 1. The monoisotopic (exact) mass is 429 g/mol. The van der Waals surface area contributed by atoms with Gasteiger partial charge in [0.1, 0.15) is 11.6 Å². The first-order chi connectivity index (χ1) is 14.0. The zero-order chi connectivity index (χ0) is 20.4. The van der Waals surface area contributed by atoms with E-state index in [0.717, 1.165) is 23.1 Å². The number of rotatable bonds is 4. The highest BCUT2D eigenvalue weighted by Crippen LogP contribution is 2.33. The van der Waals surface area contributed by atoms with Crippen LogP contribution in [0.1, 0.15) is 30.1 Å². The molecule has 0 radical (unpaired) electrons. The van der Waals surface area contributed by atoms with Crippen molar-refractivity contribution in [2.24, 2.45) is 0 Å². The molecule has 0 unspecified atom stereocenters. The number of thiazole rings is 1. The van der Waals surface area contributed by atoms with Gasteiger partial charge in [-0.25, -0.2) is 4.98 Å². The zero-order valence-electron chi connectivity index (χ0n) is 15.9. The van der Waals surface area contributed by atoms with Crippen molar-refractivity contribution in [2.75, 3.05) is 18.4 Å². The molecule has 29 heavy (non-hydrogen) atoms. The number of carbonyl (C=O) groups is 2. The molecule has 150 valence electrons. The minimum absolute atomic E-state index is 0.00964. The molecule has 1 N–H and O–H groups in total. The number of piperidine rings is 1. The summed E-state index contributed by atoms with van der Waals surface area (Å²) < 4.78 is 7.05. The van der Waals surface area contributed by atoms with Crippen molar-refractivity contribution < 1.29 is 14.3 Å². The lowest BCUT2D eigenvalue weighted by molar-refractivity contribution is -0.114. The molecule has 0 aliphatic carbocycles. The molecule has 0 atom stereocenters. The van der Waals surface area contributed by atoms with Gasteiger partial charge in [0.15, 0.2) is 0 Å². The first-order valence-corrected chi connectivity index (χ1v) is 10.6. The average molecular weight is 430 g/mol.